The molecule has 0 aromatic heterocycles. The van der Waals surface area contributed by atoms with Gasteiger partial charge in [-0.2, -0.15) is 0 Å². The summed E-state index contributed by atoms with van der Waals surface area (Å²) >= 11 is 0. The first kappa shape index (κ1) is 18.3. The maximum Gasteiger partial charge on any atom is 0.268 e. The highest BCUT2D eigenvalue weighted by molar-refractivity contribution is 5.98. The third-order valence-corrected chi connectivity index (χ3v) is 7.38. The summed E-state index contributed by atoms with van der Waals surface area (Å²) in [5, 5.41) is 15.0. The van der Waals surface area contributed by atoms with Crippen molar-refractivity contribution < 1.29 is 19.4 Å². The lowest BCUT2D eigenvalue weighted by Gasteiger charge is -2.67. The third kappa shape index (κ3) is 2.50. The minimum atomic E-state index is -0.613. The number of nitrogens with zero attached hydrogens (tertiary/aromatic N) is 2. The van der Waals surface area contributed by atoms with Gasteiger partial charge in [-0.3, -0.25) is 9.80 Å². The van der Waals surface area contributed by atoms with Crippen LogP contribution in [-0.4, -0.2) is 47.1 Å². The first-order valence-corrected chi connectivity index (χ1v) is 10.4. The minimum absolute atomic E-state index is 0.165. The van der Waals surface area contributed by atoms with E-state index in [2.05, 4.69) is 5.01 Å². The summed E-state index contributed by atoms with van der Waals surface area (Å²) in [5.41, 5.74) is -0.213. The molecular formula is C22H30N2O4. The molecule has 1 aromatic carbocycles. The first-order valence-electron chi connectivity index (χ1n) is 10.4. The zero-order valence-corrected chi connectivity index (χ0v) is 16.9. The average molecular weight is 386 g/mol. The van der Waals surface area contributed by atoms with Crippen LogP contribution in [0, 0.1) is 17.8 Å². The van der Waals surface area contributed by atoms with Crippen LogP contribution in [0.4, 0.5) is 5.69 Å². The number of benzene rings is 1. The smallest absolute Gasteiger partial charge is 0.268 e. The molecular weight excluding hydrogens is 356 g/mol. The van der Waals surface area contributed by atoms with E-state index < -0.39 is 11.1 Å². The Morgan fingerprint density at radius 1 is 1.14 bits per heavy atom. The summed E-state index contributed by atoms with van der Waals surface area (Å²) in [6.45, 7) is 4.12. The minimum Gasteiger partial charge on any atom is -0.465 e. The normalized spacial score (nSPS) is 37.9. The Labute approximate surface area is 166 Å². The van der Waals surface area contributed by atoms with E-state index in [1.807, 2.05) is 43.1 Å². The summed E-state index contributed by atoms with van der Waals surface area (Å²) < 4.78 is 10.9. The Morgan fingerprint density at radius 3 is 2.46 bits per heavy atom. The summed E-state index contributed by atoms with van der Waals surface area (Å²) in [5.74, 6) is 2.27. The third-order valence-electron chi connectivity index (χ3n) is 7.38. The quantitative estimate of drug-likeness (QED) is 0.789. The number of carbonyl (C=O) groups is 1. The molecule has 4 bridgehead atoms. The Bertz CT molecular complexity index is 778. The average Bonchev–Trinajstić information content (AvgIpc) is 2.64. The van der Waals surface area contributed by atoms with E-state index in [-0.39, 0.29) is 18.7 Å². The molecule has 4 saturated carbocycles. The van der Waals surface area contributed by atoms with Crippen molar-refractivity contribution in [3.63, 3.8) is 0 Å². The second-order valence-electron chi connectivity index (χ2n) is 9.72. The molecule has 3 unspecified atom stereocenters. The standard InChI is InChI=1S/C22H30N2O4/c1-21(2)20(25)23(24(21)17-6-4-5-7-18(17)28-13-27-3)19-15-8-14-9-16(19)12-22(26,10-14)11-15/h4-7,14-16,19,26H,8-13H2,1-3H3/t14?,15-,16+,19?,22?. The fourth-order valence-corrected chi connectivity index (χ4v) is 6.60. The summed E-state index contributed by atoms with van der Waals surface area (Å²) in [7, 11) is 1.60. The molecule has 0 radical (unpaired) electrons. The first-order chi connectivity index (χ1) is 13.3. The van der Waals surface area contributed by atoms with Gasteiger partial charge in [0.1, 0.15) is 17.0 Å². The van der Waals surface area contributed by atoms with Crippen molar-refractivity contribution in [1.82, 2.24) is 5.01 Å². The monoisotopic (exact) mass is 386 g/mol. The molecule has 0 spiro atoms. The molecule has 6 heteroatoms. The molecule has 1 saturated heterocycles. The van der Waals surface area contributed by atoms with Gasteiger partial charge < -0.3 is 14.6 Å². The van der Waals surface area contributed by atoms with Gasteiger partial charge in [-0.25, -0.2) is 5.01 Å². The van der Waals surface area contributed by atoms with E-state index in [4.69, 9.17) is 9.47 Å². The number of amides is 1. The number of hydrazine groups is 1. The number of methoxy groups -OCH3 is 1. The Kier molecular flexibility index (Phi) is 3.98. The van der Waals surface area contributed by atoms with Crippen LogP contribution in [0.25, 0.3) is 0 Å². The maximum absolute atomic E-state index is 13.3. The van der Waals surface area contributed by atoms with Gasteiger partial charge in [-0.15, -0.1) is 0 Å². The van der Waals surface area contributed by atoms with E-state index in [1.165, 1.54) is 0 Å². The van der Waals surface area contributed by atoms with Crippen LogP contribution in [0.1, 0.15) is 46.0 Å². The number of hydrogen-bond acceptors (Lipinski definition) is 5. The molecule has 1 amide bonds. The van der Waals surface area contributed by atoms with Crippen LogP contribution in [-0.2, 0) is 9.53 Å². The van der Waals surface area contributed by atoms with Crippen LogP contribution < -0.4 is 9.75 Å². The lowest BCUT2D eigenvalue weighted by Crippen LogP contribution is -2.81. The molecule has 1 aromatic rings. The maximum atomic E-state index is 13.3. The number of rotatable bonds is 5. The topological polar surface area (TPSA) is 62.2 Å². The number of aliphatic hydroxyl groups is 1. The summed E-state index contributed by atoms with van der Waals surface area (Å²) in [6, 6.07) is 8.02. The van der Waals surface area contributed by atoms with Gasteiger partial charge in [0.15, 0.2) is 6.79 Å². The summed E-state index contributed by atoms with van der Waals surface area (Å²) in [4.78, 5) is 13.3. The predicted octanol–water partition coefficient (Wildman–Crippen LogP) is 2.95. The highest BCUT2D eigenvalue weighted by Crippen LogP contribution is 2.59. The fraction of sp³-hybridized carbons (Fsp3) is 0.682. The van der Waals surface area contributed by atoms with Crippen molar-refractivity contribution >= 4 is 11.6 Å². The molecule has 1 N–H and O–H groups in total. The molecule has 152 valence electrons. The highest BCUT2D eigenvalue weighted by atomic mass is 16.7. The Balaban J connectivity index is 1.50. The van der Waals surface area contributed by atoms with Gasteiger partial charge in [0.2, 0.25) is 0 Å². The van der Waals surface area contributed by atoms with Crippen molar-refractivity contribution in [2.75, 3.05) is 18.9 Å². The van der Waals surface area contributed by atoms with Crippen LogP contribution >= 0.6 is 0 Å². The Morgan fingerprint density at radius 2 is 1.82 bits per heavy atom. The number of anilines is 1. The van der Waals surface area contributed by atoms with Crippen LogP contribution in [0.15, 0.2) is 24.3 Å². The molecule has 5 atom stereocenters. The molecule has 6 rings (SSSR count). The molecule has 5 aliphatic rings. The number of ether oxygens (including phenoxy) is 2. The van der Waals surface area contributed by atoms with Crippen molar-refractivity contribution in [2.45, 2.75) is 63.1 Å². The number of para-hydroxylation sites is 2. The second-order valence-corrected chi connectivity index (χ2v) is 9.72. The SMILES string of the molecule is COCOc1ccccc1N1N(C2[C@@H]3CC4C[C@H]2CC(O)(C4)C3)C(=O)C1(C)C. The number of carbonyl (C=O) groups excluding carboxylic acids is 1. The molecule has 5 fully saturated rings. The van der Waals surface area contributed by atoms with E-state index in [0.717, 1.165) is 43.5 Å². The second kappa shape index (κ2) is 6.10. The molecule has 28 heavy (non-hydrogen) atoms. The van der Waals surface area contributed by atoms with Gasteiger partial charge in [0.05, 0.1) is 11.6 Å². The van der Waals surface area contributed by atoms with E-state index in [9.17, 15) is 9.90 Å². The Hall–Kier alpha value is -1.79. The van der Waals surface area contributed by atoms with E-state index in [0.29, 0.717) is 17.8 Å². The van der Waals surface area contributed by atoms with E-state index in [1.54, 1.807) is 7.11 Å². The van der Waals surface area contributed by atoms with Gasteiger partial charge in [-0.1, -0.05) is 12.1 Å². The van der Waals surface area contributed by atoms with Gasteiger partial charge in [0.25, 0.3) is 5.91 Å². The lowest BCUT2D eigenvalue weighted by atomic mass is 9.52. The predicted molar refractivity (Wildman–Crippen MR) is 105 cm³/mol. The van der Waals surface area contributed by atoms with Crippen molar-refractivity contribution in [1.29, 1.82) is 0 Å². The molecule has 6 nitrogen and oxygen atoms in total. The largest absolute Gasteiger partial charge is 0.465 e. The van der Waals surface area contributed by atoms with Crippen molar-refractivity contribution in [2.24, 2.45) is 17.8 Å². The zero-order valence-electron chi connectivity index (χ0n) is 16.9. The van der Waals surface area contributed by atoms with Crippen LogP contribution in [0.5, 0.6) is 5.75 Å². The van der Waals surface area contributed by atoms with Gasteiger partial charge in [-0.05, 0) is 75.8 Å². The lowest BCUT2D eigenvalue weighted by molar-refractivity contribution is -0.190. The fourth-order valence-electron chi connectivity index (χ4n) is 6.60. The van der Waals surface area contributed by atoms with Gasteiger partial charge in [0, 0.05) is 7.11 Å². The number of hydrogen-bond donors (Lipinski definition) is 1. The van der Waals surface area contributed by atoms with Crippen molar-refractivity contribution in [3.8, 4) is 5.75 Å². The molecule has 1 aliphatic heterocycles. The molecule has 1 heterocycles. The molecule has 4 aliphatic carbocycles. The van der Waals surface area contributed by atoms with Crippen LogP contribution in [0.2, 0.25) is 0 Å². The zero-order chi connectivity index (χ0) is 19.7. The van der Waals surface area contributed by atoms with Crippen LogP contribution in [0.3, 0.4) is 0 Å². The van der Waals surface area contributed by atoms with Gasteiger partial charge >= 0.3 is 0 Å². The summed E-state index contributed by atoms with van der Waals surface area (Å²) in [6.07, 6.45) is 4.85. The van der Waals surface area contributed by atoms with E-state index >= 15 is 0 Å². The highest BCUT2D eigenvalue weighted by Gasteiger charge is 2.63. The van der Waals surface area contributed by atoms with Crippen molar-refractivity contribution in [3.05, 3.63) is 24.3 Å².